The lowest BCUT2D eigenvalue weighted by Gasteiger charge is -2.22. The predicted molar refractivity (Wildman–Crippen MR) is 87.3 cm³/mol. The Morgan fingerprint density at radius 1 is 1.29 bits per heavy atom. The summed E-state index contributed by atoms with van der Waals surface area (Å²) in [7, 11) is 1.59. The highest BCUT2D eigenvalue weighted by atomic mass is 79.9. The lowest BCUT2D eigenvalue weighted by atomic mass is 10.1. The number of nitrogens with two attached hydrogens (primary N) is 1. The van der Waals surface area contributed by atoms with E-state index >= 15 is 0 Å². The third-order valence-corrected chi connectivity index (χ3v) is 3.80. The molecule has 5 nitrogen and oxygen atoms in total. The zero-order chi connectivity index (χ0) is 15.2. The SMILES string of the molecule is CCN(Cc1ccccc1CN)c1ncc(Br)c(OC)n1. The molecule has 0 amide bonds. The Morgan fingerprint density at radius 3 is 2.62 bits per heavy atom. The first-order valence-corrected chi connectivity index (χ1v) is 7.57. The summed E-state index contributed by atoms with van der Waals surface area (Å²) in [4.78, 5) is 10.9. The number of hydrogen-bond donors (Lipinski definition) is 1. The maximum absolute atomic E-state index is 5.80. The van der Waals surface area contributed by atoms with Crippen molar-refractivity contribution in [3.8, 4) is 5.88 Å². The number of halogens is 1. The standard InChI is InChI=1S/C15H19BrN4O/c1-3-20(10-12-7-5-4-6-11(12)8-17)15-18-9-13(16)14(19-15)21-2/h4-7,9H,3,8,10,17H2,1-2H3. The quantitative estimate of drug-likeness (QED) is 0.867. The molecular formula is C15H19BrN4O. The van der Waals surface area contributed by atoms with Crippen LogP contribution in [0.15, 0.2) is 34.9 Å². The number of aromatic nitrogens is 2. The molecule has 21 heavy (non-hydrogen) atoms. The third-order valence-electron chi connectivity index (χ3n) is 3.26. The van der Waals surface area contributed by atoms with Gasteiger partial charge in [0, 0.05) is 19.6 Å². The molecule has 0 bridgehead atoms. The molecule has 0 saturated heterocycles. The van der Waals surface area contributed by atoms with Crippen LogP contribution in [0.2, 0.25) is 0 Å². The lowest BCUT2D eigenvalue weighted by molar-refractivity contribution is 0.393. The van der Waals surface area contributed by atoms with E-state index in [9.17, 15) is 0 Å². The number of benzene rings is 1. The van der Waals surface area contributed by atoms with Gasteiger partial charge in [-0.1, -0.05) is 24.3 Å². The van der Waals surface area contributed by atoms with E-state index < -0.39 is 0 Å². The lowest BCUT2D eigenvalue weighted by Crippen LogP contribution is -2.25. The zero-order valence-electron chi connectivity index (χ0n) is 12.2. The average molecular weight is 351 g/mol. The Bertz CT molecular complexity index is 606. The average Bonchev–Trinajstić information content (AvgIpc) is 2.53. The number of methoxy groups -OCH3 is 1. The topological polar surface area (TPSA) is 64.3 Å². The minimum Gasteiger partial charge on any atom is -0.480 e. The molecule has 112 valence electrons. The van der Waals surface area contributed by atoms with Crippen LogP contribution in [-0.4, -0.2) is 23.6 Å². The molecule has 0 fully saturated rings. The van der Waals surface area contributed by atoms with Gasteiger partial charge in [0.15, 0.2) is 0 Å². The maximum atomic E-state index is 5.80. The highest BCUT2D eigenvalue weighted by Crippen LogP contribution is 2.24. The van der Waals surface area contributed by atoms with Crippen LogP contribution < -0.4 is 15.4 Å². The molecular weight excluding hydrogens is 332 g/mol. The van der Waals surface area contributed by atoms with Gasteiger partial charge in [0.2, 0.25) is 11.8 Å². The summed E-state index contributed by atoms with van der Waals surface area (Å²) in [5.41, 5.74) is 8.12. The first-order chi connectivity index (χ1) is 10.2. The Hall–Kier alpha value is -1.66. The van der Waals surface area contributed by atoms with Gasteiger partial charge in [0.05, 0.1) is 17.8 Å². The molecule has 0 saturated carbocycles. The van der Waals surface area contributed by atoms with Crippen molar-refractivity contribution in [1.82, 2.24) is 9.97 Å². The van der Waals surface area contributed by atoms with Crippen molar-refractivity contribution in [3.05, 3.63) is 46.1 Å². The van der Waals surface area contributed by atoms with Crippen LogP contribution in [0, 0.1) is 0 Å². The predicted octanol–water partition coefficient (Wildman–Crippen LogP) is 2.73. The molecule has 0 aliphatic rings. The first-order valence-electron chi connectivity index (χ1n) is 6.77. The second-order valence-electron chi connectivity index (χ2n) is 4.51. The molecule has 0 radical (unpaired) electrons. The normalized spacial score (nSPS) is 10.5. The van der Waals surface area contributed by atoms with Gasteiger partial charge in [-0.25, -0.2) is 4.98 Å². The van der Waals surface area contributed by atoms with Crippen molar-refractivity contribution in [2.24, 2.45) is 5.73 Å². The van der Waals surface area contributed by atoms with Crippen molar-refractivity contribution in [1.29, 1.82) is 0 Å². The van der Waals surface area contributed by atoms with Gasteiger partial charge in [-0.05, 0) is 34.0 Å². The van der Waals surface area contributed by atoms with Crippen molar-refractivity contribution < 1.29 is 4.74 Å². The molecule has 1 aromatic heterocycles. The van der Waals surface area contributed by atoms with Crippen LogP contribution in [0.3, 0.4) is 0 Å². The highest BCUT2D eigenvalue weighted by Gasteiger charge is 2.13. The van der Waals surface area contributed by atoms with E-state index in [1.807, 2.05) is 18.2 Å². The molecule has 0 aliphatic carbocycles. The highest BCUT2D eigenvalue weighted by molar-refractivity contribution is 9.10. The molecule has 1 heterocycles. The molecule has 0 spiro atoms. The van der Waals surface area contributed by atoms with Gasteiger partial charge in [0.1, 0.15) is 0 Å². The monoisotopic (exact) mass is 350 g/mol. The van der Waals surface area contributed by atoms with Crippen LogP contribution in [0.25, 0.3) is 0 Å². The molecule has 6 heteroatoms. The summed E-state index contributed by atoms with van der Waals surface area (Å²) in [6, 6.07) is 8.15. The van der Waals surface area contributed by atoms with Crippen LogP contribution in [-0.2, 0) is 13.1 Å². The van der Waals surface area contributed by atoms with Crippen LogP contribution >= 0.6 is 15.9 Å². The van der Waals surface area contributed by atoms with E-state index in [1.54, 1.807) is 13.3 Å². The maximum Gasteiger partial charge on any atom is 0.232 e. The van der Waals surface area contributed by atoms with Gasteiger partial charge in [-0.2, -0.15) is 4.98 Å². The molecule has 0 unspecified atom stereocenters. The molecule has 1 aromatic carbocycles. The molecule has 2 N–H and O–H groups in total. The molecule has 2 aromatic rings. The Kier molecular flexibility index (Phi) is 5.52. The zero-order valence-corrected chi connectivity index (χ0v) is 13.8. The largest absolute Gasteiger partial charge is 0.480 e. The fourth-order valence-electron chi connectivity index (χ4n) is 2.08. The first kappa shape index (κ1) is 15.7. The van der Waals surface area contributed by atoms with E-state index in [1.165, 1.54) is 5.56 Å². The number of nitrogens with zero attached hydrogens (tertiary/aromatic N) is 3. The molecule has 0 atom stereocenters. The van der Waals surface area contributed by atoms with Gasteiger partial charge in [0.25, 0.3) is 0 Å². The molecule has 2 rings (SSSR count). The summed E-state index contributed by atoms with van der Waals surface area (Å²) in [6.45, 7) is 4.11. The summed E-state index contributed by atoms with van der Waals surface area (Å²) in [6.07, 6.45) is 1.71. The van der Waals surface area contributed by atoms with Gasteiger partial charge in [-0.15, -0.1) is 0 Å². The van der Waals surface area contributed by atoms with Crippen molar-refractivity contribution >= 4 is 21.9 Å². The van der Waals surface area contributed by atoms with E-state index in [2.05, 4.69) is 43.8 Å². The van der Waals surface area contributed by atoms with Crippen molar-refractivity contribution in [2.75, 3.05) is 18.6 Å². The Labute approximate surface area is 133 Å². The van der Waals surface area contributed by atoms with Crippen LogP contribution in [0.1, 0.15) is 18.1 Å². The van der Waals surface area contributed by atoms with Crippen LogP contribution in [0.4, 0.5) is 5.95 Å². The minimum atomic E-state index is 0.526. The summed E-state index contributed by atoms with van der Waals surface area (Å²) >= 11 is 3.37. The van der Waals surface area contributed by atoms with E-state index in [4.69, 9.17) is 10.5 Å². The van der Waals surface area contributed by atoms with Crippen LogP contribution in [0.5, 0.6) is 5.88 Å². The minimum absolute atomic E-state index is 0.526. The van der Waals surface area contributed by atoms with Gasteiger partial charge < -0.3 is 15.4 Å². The number of rotatable bonds is 6. The second kappa shape index (κ2) is 7.38. The van der Waals surface area contributed by atoms with Gasteiger partial charge >= 0.3 is 0 Å². The fraction of sp³-hybridized carbons (Fsp3) is 0.333. The number of hydrogen-bond acceptors (Lipinski definition) is 5. The summed E-state index contributed by atoms with van der Waals surface area (Å²) < 4.78 is 5.97. The van der Waals surface area contributed by atoms with E-state index in [0.717, 1.165) is 16.6 Å². The Morgan fingerprint density at radius 2 is 2.00 bits per heavy atom. The van der Waals surface area contributed by atoms with Crippen molar-refractivity contribution in [3.63, 3.8) is 0 Å². The van der Waals surface area contributed by atoms with Crippen molar-refractivity contribution in [2.45, 2.75) is 20.0 Å². The molecule has 0 aliphatic heterocycles. The smallest absolute Gasteiger partial charge is 0.232 e. The van der Waals surface area contributed by atoms with E-state index in [-0.39, 0.29) is 0 Å². The van der Waals surface area contributed by atoms with Gasteiger partial charge in [-0.3, -0.25) is 0 Å². The Balaban J connectivity index is 2.27. The van der Waals surface area contributed by atoms with E-state index in [0.29, 0.717) is 24.9 Å². The number of anilines is 1. The fourth-order valence-corrected chi connectivity index (χ4v) is 2.43. The second-order valence-corrected chi connectivity index (χ2v) is 5.37. The summed E-state index contributed by atoms with van der Waals surface area (Å²) in [5, 5.41) is 0. The third kappa shape index (κ3) is 3.71. The summed E-state index contributed by atoms with van der Waals surface area (Å²) in [5.74, 6) is 1.18. The number of ether oxygens (including phenoxy) is 1.